The van der Waals surface area contributed by atoms with Gasteiger partial charge in [-0.05, 0) is 25.9 Å². The zero-order valence-corrected chi connectivity index (χ0v) is 7.47. The Balaban J connectivity index is 2.17. The molecule has 1 unspecified atom stereocenters. The molecule has 0 aromatic carbocycles. The van der Waals surface area contributed by atoms with Gasteiger partial charge in [-0.2, -0.15) is 0 Å². The van der Waals surface area contributed by atoms with E-state index in [4.69, 9.17) is 0 Å². The maximum Gasteiger partial charge on any atom is 0.0820 e. The summed E-state index contributed by atoms with van der Waals surface area (Å²) in [5.41, 5.74) is 0. The van der Waals surface area contributed by atoms with Crippen molar-refractivity contribution in [1.82, 2.24) is 4.90 Å². The van der Waals surface area contributed by atoms with Crippen molar-refractivity contribution >= 4 is 15.9 Å². The third-order valence-corrected chi connectivity index (χ3v) is 4.04. The van der Waals surface area contributed by atoms with Gasteiger partial charge in [0.05, 0.1) is 10.4 Å². The fourth-order valence-corrected chi connectivity index (χ4v) is 2.35. The molecule has 3 aliphatic rings. The lowest BCUT2D eigenvalue weighted by Gasteiger charge is -2.48. The predicted molar refractivity (Wildman–Crippen MR) is 43.3 cm³/mol. The molecule has 1 N–H and O–H groups in total. The van der Waals surface area contributed by atoms with Crippen LogP contribution < -0.4 is 0 Å². The van der Waals surface area contributed by atoms with E-state index in [1.165, 1.54) is 0 Å². The van der Waals surface area contributed by atoms with Crippen molar-refractivity contribution in [2.75, 3.05) is 19.6 Å². The van der Waals surface area contributed by atoms with Crippen molar-refractivity contribution < 1.29 is 5.11 Å². The van der Waals surface area contributed by atoms with Crippen LogP contribution in [0.1, 0.15) is 12.8 Å². The van der Waals surface area contributed by atoms with Gasteiger partial charge in [0, 0.05) is 6.54 Å². The Bertz CT molecular complexity index is 143. The van der Waals surface area contributed by atoms with E-state index >= 15 is 0 Å². The van der Waals surface area contributed by atoms with Crippen LogP contribution in [0.15, 0.2) is 0 Å². The number of alkyl halides is 1. The Morgan fingerprint density at radius 3 is 2.30 bits per heavy atom. The van der Waals surface area contributed by atoms with Crippen molar-refractivity contribution in [1.29, 1.82) is 0 Å². The van der Waals surface area contributed by atoms with Gasteiger partial charge in [0.15, 0.2) is 0 Å². The molecule has 10 heavy (non-hydrogen) atoms. The Kier molecular flexibility index (Phi) is 1.55. The normalized spacial score (nSPS) is 53.4. The third kappa shape index (κ3) is 0.917. The second-order valence-electron chi connectivity index (χ2n) is 3.35. The van der Waals surface area contributed by atoms with Gasteiger partial charge in [-0.1, -0.05) is 15.9 Å². The first-order valence-corrected chi connectivity index (χ1v) is 4.59. The number of hydrogen-bond donors (Lipinski definition) is 1. The lowest BCUT2D eigenvalue weighted by Crippen LogP contribution is -2.58. The Morgan fingerprint density at radius 2 is 2.00 bits per heavy atom. The molecule has 0 aromatic rings. The Morgan fingerprint density at radius 1 is 1.40 bits per heavy atom. The molecule has 3 heteroatoms. The highest BCUT2D eigenvalue weighted by molar-refractivity contribution is 9.10. The Labute approximate surface area is 69.3 Å². The van der Waals surface area contributed by atoms with E-state index in [9.17, 15) is 5.11 Å². The lowest BCUT2D eigenvalue weighted by molar-refractivity contribution is -0.000878. The topological polar surface area (TPSA) is 23.5 Å². The highest BCUT2D eigenvalue weighted by atomic mass is 79.9. The van der Waals surface area contributed by atoms with Gasteiger partial charge < -0.3 is 10.0 Å². The van der Waals surface area contributed by atoms with Crippen LogP contribution in [0.5, 0.6) is 0 Å². The summed E-state index contributed by atoms with van der Waals surface area (Å²) in [7, 11) is 0. The molecule has 3 saturated heterocycles. The number of aliphatic hydroxyl groups is 1. The van der Waals surface area contributed by atoms with E-state index in [-0.39, 0.29) is 10.4 Å². The summed E-state index contributed by atoms with van der Waals surface area (Å²) < 4.78 is 0.0712. The minimum absolute atomic E-state index is 0.0712. The van der Waals surface area contributed by atoms with Crippen molar-refractivity contribution in [3.63, 3.8) is 0 Å². The highest BCUT2D eigenvalue weighted by Gasteiger charge is 2.44. The standard InChI is InChI=1S/C7H12BrNO/c8-7-1-3-9(4-2-7)5-6(7)10/h6,10H,1-5H2. The summed E-state index contributed by atoms with van der Waals surface area (Å²) in [6.45, 7) is 3.18. The predicted octanol–water partition coefficient (Wildman–Crippen LogP) is 0.590. The van der Waals surface area contributed by atoms with Crippen molar-refractivity contribution in [3.8, 4) is 0 Å². The van der Waals surface area contributed by atoms with Crippen molar-refractivity contribution in [3.05, 3.63) is 0 Å². The lowest BCUT2D eigenvalue weighted by atomic mass is 9.86. The maximum absolute atomic E-state index is 9.57. The van der Waals surface area contributed by atoms with Gasteiger partial charge in [-0.15, -0.1) is 0 Å². The Hall–Kier alpha value is 0.400. The van der Waals surface area contributed by atoms with Crippen LogP contribution in [0.4, 0.5) is 0 Å². The minimum Gasteiger partial charge on any atom is -0.390 e. The SMILES string of the molecule is OC1CN2CCC1(Br)CC2. The molecule has 0 saturated carbocycles. The molecule has 2 nitrogen and oxygen atoms in total. The molecule has 0 aromatic heterocycles. The fourth-order valence-electron chi connectivity index (χ4n) is 1.85. The second kappa shape index (κ2) is 2.19. The molecule has 1 atom stereocenters. The van der Waals surface area contributed by atoms with E-state index in [2.05, 4.69) is 20.8 Å². The fraction of sp³-hybridized carbons (Fsp3) is 1.00. The molecule has 0 radical (unpaired) electrons. The quantitative estimate of drug-likeness (QED) is 0.586. The minimum atomic E-state index is -0.144. The molecular formula is C7H12BrNO. The molecule has 0 amide bonds. The van der Waals surface area contributed by atoms with Crippen LogP contribution >= 0.6 is 15.9 Å². The zero-order chi connectivity index (χ0) is 7.19. The van der Waals surface area contributed by atoms with Crippen LogP contribution in [0, 0.1) is 0 Å². The van der Waals surface area contributed by atoms with Crippen LogP contribution in [-0.2, 0) is 0 Å². The van der Waals surface area contributed by atoms with Crippen molar-refractivity contribution in [2.45, 2.75) is 23.3 Å². The van der Waals surface area contributed by atoms with Crippen molar-refractivity contribution in [2.24, 2.45) is 0 Å². The molecule has 0 spiro atoms. The highest BCUT2D eigenvalue weighted by Crippen LogP contribution is 2.39. The molecule has 2 bridgehead atoms. The molecule has 3 rings (SSSR count). The summed E-state index contributed by atoms with van der Waals surface area (Å²) >= 11 is 3.62. The number of aliphatic hydroxyl groups excluding tert-OH is 1. The van der Waals surface area contributed by atoms with E-state index in [0.29, 0.717) is 0 Å². The van der Waals surface area contributed by atoms with Gasteiger partial charge >= 0.3 is 0 Å². The first-order valence-electron chi connectivity index (χ1n) is 3.80. The molecular weight excluding hydrogens is 194 g/mol. The van der Waals surface area contributed by atoms with Gasteiger partial charge in [-0.25, -0.2) is 0 Å². The monoisotopic (exact) mass is 205 g/mol. The van der Waals surface area contributed by atoms with Crippen LogP contribution in [0.2, 0.25) is 0 Å². The van der Waals surface area contributed by atoms with E-state index in [1.807, 2.05) is 0 Å². The van der Waals surface area contributed by atoms with Gasteiger partial charge in [0.25, 0.3) is 0 Å². The van der Waals surface area contributed by atoms with E-state index in [0.717, 1.165) is 32.5 Å². The summed E-state index contributed by atoms with van der Waals surface area (Å²) in [6.07, 6.45) is 2.07. The van der Waals surface area contributed by atoms with Gasteiger partial charge in [0.1, 0.15) is 0 Å². The number of nitrogens with zero attached hydrogens (tertiary/aromatic N) is 1. The average Bonchev–Trinajstić information content (AvgIpc) is 1.92. The zero-order valence-electron chi connectivity index (χ0n) is 5.89. The second-order valence-corrected chi connectivity index (χ2v) is 4.93. The molecule has 3 heterocycles. The molecule has 3 aliphatic heterocycles. The van der Waals surface area contributed by atoms with E-state index in [1.54, 1.807) is 0 Å². The average molecular weight is 206 g/mol. The number of piperidine rings is 3. The molecule has 58 valence electrons. The number of hydrogen-bond acceptors (Lipinski definition) is 2. The summed E-state index contributed by atoms with van der Waals surface area (Å²) in [4.78, 5) is 2.33. The first-order chi connectivity index (χ1) is 4.71. The van der Waals surface area contributed by atoms with Crippen LogP contribution in [-0.4, -0.2) is 40.1 Å². The van der Waals surface area contributed by atoms with Gasteiger partial charge in [-0.3, -0.25) is 0 Å². The molecule has 0 aliphatic carbocycles. The van der Waals surface area contributed by atoms with Gasteiger partial charge in [0.2, 0.25) is 0 Å². The summed E-state index contributed by atoms with van der Waals surface area (Å²) in [5, 5.41) is 9.57. The van der Waals surface area contributed by atoms with Crippen LogP contribution in [0.25, 0.3) is 0 Å². The van der Waals surface area contributed by atoms with Crippen LogP contribution in [0.3, 0.4) is 0 Å². The third-order valence-electron chi connectivity index (χ3n) is 2.72. The van der Waals surface area contributed by atoms with E-state index < -0.39 is 0 Å². The smallest absolute Gasteiger partial charge is 0.0820 e. The number of fused-ring (bicyclic) bond motifs is 3. The number of rotatable bonds is 0. The molecule has 3 fully saturated rings. The number of halogens is 1. The maximum atomic E-state index is 9.57. The largest absolute Gasteiger partial charge is 0.390 e. The summed E-state index contributed by atoms with van der Waals surface area (Å²) in [6, 6.07) is 0. The summed E-state index contributed by atoms with van der Waals surface area (Å²) in [5.74, 6) is 0. The first kappa shape index (κ1) is 7.07.